The van der Waals surface area contributed by atoms with E-state index in [4.69, 9.17) is 0 Å². The molecule has 0 saturated heterocycles. The maximum atomic E-state index is 12.3. The molecule has 21 heavy (non-hydrogen) atoms. The largest absolute Gasteiger partial charge is 0.573 e. The van der Waals surface area contributed by atoms with Crippen LogP contribution in [0.2, 0.25) is 0 Å². The Morgan fingerprint density at radius 1 is 1.05 bits per heavy atom. The number of nitrogens with one attached hydrogen (secondary N) is 2. The van der Waals surface area contributed by atoms with Crippen molar-refractivity contribution in [2.75, 3.05) is 5.43 Å². The predicted octanol–water partition coefficient (Wildman–Crippen LogP) is 4.46. The summed E-state index contributed by atoms with van der Waals surface area (Å²) in [7, 11) is 0. The summed E-state index contributed by atoms with van der Waals surface area (Å²) in [6.07, 6.45) is -4.71. The van der Waals surface area contributed by atoms with Crippen LogP contribution in [0, 0.1) is 0 Å². The lowest BCUT2D eigenvalue weighted by Gasteiger charge is -2.13. The van der Waals surface area contributed by atoms with Crippen LogP contribution >= 0.6 is 15.9 Å². The highest BCUT2D eigenvalue weighted by molar-refractivity contribution is 9.10. The molecule has 112 valence electrons. The van der Waals surface area contributed by atoms with Crippen LogP contribution < -0.4 is 15.6 Å². The fraction of sp³-hybridized carbons (Fsp3) is 0.143. The van der Waals surface area contributed by atoms with Gasteiger partial charge in [0.25, 0.3) is 0 Å². The van der Waals surface area contributed by atoms with E-state index in [1.807, 2.05) is 30.3 Å². The maximum absolute atomic E-state index is 12.3. The minimum Gasteiger partial charge on any atom is -0.405 e. The number of alkyl halides is 3. The van der Waals surface area contributed by atoms with E-state index in [0.717, 1.165) is 5.69 Å². The first-order valence-electron chi connectivity index (χ1n) is 6.02. The standard InChI is InChI=1S/C14H12BrF3N2O/c15-12-7-6-10(8-13(12)21-14(16,17)18)9-19-20-11-4-2-1-3-5-11/h1-8,19-20H,9H2. The normalized spacial score (nSPS) is 11.2. The predicted molar refractivity (Wildman–Crippen MR) is 77.7 cm³/mol. The molecule has 0 aliphatic heterocycles. The highest BCUT2D eigenvalue weighted by Gasteiger charge is 2.32. The number of halogens is 4. The second-order valence-electron chi connectivity index (χ2n) is 4.16. The molecule has 0 aliphatic rings. The molecule has 0 radical (unpaired) electrons. The molecular formula is C14H12BrF3N2O. The number of benzene rings is 2. The average molecular weight is 361 g/mol. The van der Waals surface area contributed by atoms with Crippen molar-refractivity contribution in [2.45, 2.75) is 12.9 Å². The van der Waals surface area contributed by atoms with Gasteiger partial charge in [0.1, 0.15) is 5.75 Å². The molecule has 0 bridgehead atoms. The van der Waals surface area contributed by atoms with E-state index in [2.05, 4.69) is 31.5 Å². The first-order chi connectivity index (χ1) is 9.94. The number of hydrogen-bond acceptors (Lipinski definition) is 3. The number of rotatable bonds is 5. The summed E-state index contributed by atoms with van der Waals surface area (Å²) < 4.78 is 41.0. The minimum absolute atomic E-state index is 0.250. The molecule has 0 amide bonds. The molecule has 0 aromatic heterocycles. The Balaban J connectivity index is 1.96. The molecule has 0 heterocycles. The number of anilines is 1. The van der Waals surface area contributed by atoms with Gasteiger partial charge < -0.3 is 10.2 Å². The van der Waals surface area contributed by atoms with Crippen molar-refractivity contribution in [1.82, 2.24) is 5.43 Å². The van der Waals surface area contributed by atoms with Crippen molar-refractivity contribution in [3.05, 3.63) is 58.6 Å². The summed E-state index contributed by atoms with van der Waals surface area (Å²) in [6, 6.07) is 13.9. The molecule has 0 fully saturated rings. The molecule has 0 saturated carbocycles. The van der Waals surface area contributed by atoms with Crippen molar-refractivity contribution in [3.63, 3.8) is 0 Å². The Morgan fingerprint density at radius 2 is 1.76 bits per heavy atom. The van der Waals surface area contributed by atoms with Crippen LogP contribution in [0.5, 0.6) is 5.75 Å². The Kier molecular flexibility index (Phi) is 5.08. The zero-order chi connectivity index (χ0) is 15.3. The van der Waals surface area contributed by atoms with Crippen LogP contribution in [0.3, 0.4) is 0 Å². The van der Waals surface area contributed by atoms with E-state index in [1.54, 1.807) is 6.07 Å². The topological polar surface area (TPSA) is 33.3 Å². The van der Waals surface area contributed by atoms with Crippen LogP contribution in [-0.4, -0.2) is 6.36 Å². The monoisotopic (exact) mass is 360 g/mol. The molecule has 2 aromatic carbocycles. The van der Waals surface area contributed by atoms with Gasteiger partial charge in [0.15, 0.2) is 0 Å². The Morgan fingerprint density at radius 3 is 2.43 bits per heavy atom. The summed E-state index contributed by atoms with van der Waals surface area (Å²) in [6.45, 7) is 0.344. The molecule has 0 unspecified atom stereocenters. The SMILES string of the molecule is FC(F)(F)Oc1cc(CNNc2ccccc2)ccc1Br. The zero-order valence-electron chi connectivity index (χ0n) is 10.7. The van der Waals surface area contributed by atoms with Gasteiger partial charge in [-0.05, 0) is 45.8 Å². The summed E-state index contributed by atoms with van der Waals surface area (Å²) >= 11 is 3.03. The second kappa shape index (κ2) is 6.82. The number of para-hydroxylation sites is 1. The Labute approximate surface area is 128 Å². The van der Waals surface area contributed by atoms with Gasteiger partial charge in [-0.25, -0.2) is 5.43 Å². The minimum atomic E-state index is -4.71. The number of hydrazine groups is 1. The van der Waals surface area contributed by atoms with Gasteiger partial charge in [0, 0.05) is 12.2 Å². The van der Waals surface area contributed by atoms with Crippen LogP contribution in [0.1, 0.15) is 5.56 Å². The van der Waals surface area contributed by atoms with Crippen molar-refractivity contribution in [1.29, 1.82) is 0 Å². The van der Waals surface area contributed by atoms with E-state index < -0.39 is 6.36 Å². The molecule has 2 N–H and O–H groups in total. The summed E-state index contributed by atoms with van der Waals surface area (Å²) in [5.41, 5.74) is 7.39. The van der Waals surface area contributed by atoms with Crippen molar-refractivity contribution in [3.8, 4) is 5.75 Å². The summed E-state index contributed by atoms with van der Waals surface area (Å²) in [5, 5.41) is 0. The fourth-order valence-corrected chi connectivity index (χ4v) is 1.96. The third-order valence-corrected chi connectivity index (χ3v) is 3.18. The van der Waals surface area contributed by atoms with Crippen LogP contribution in [0.25, 0.3) is 0 Å². The molecule has 0 aliphatic carbocycles. The number of ether oxygens (including phenoxy) is 1. The third-order valence-electron chi connectivity index (χ3n) is 2.52. The molecule has 0 spiro atoms. The van der Waals surface area contributed by atoms with E-state index in [1.165, 1.54) is 12.1 Å². The van der Waals surface area contributed by atoms with E-state index in [0.29, 0.717) is 12.1 Å². The molecule has 7 heteroatoms. The van der Waals surface area contributed by atoms with E-state index in [9.17, 15) is 13.2 Å². The van der Waals surface area contributed by atoms with Gasteiger partial charge in [-0.15, -0.1) is 13.2 Å². The first kappa shape index (κ1) is 15.7. The van der Waals surface area contributed by atoms with Crippen molar-refractivity contribution < 1.29 is 17.9 Å². The quantitative estimate of drug-likeness (QED) is 0.772. The van der Waals surface area contributed by atoms with Gasteiger partial charge in [-0.3, -0.25) is 0 Å². The van der Waals surface area contributed by atoms with Gasteiger partial charge in [-0.1, -0.05) is 24.3 Å². The van der Waals surface area contributed by atoms with Crippen molar-refractivity contribution >= 4 is 21.6 Å². The molecule has 0 atom stereocenters. The van der Waals surface area contributed by atoms with Crippen LogP contribution in [-0.2, 0) is 6.54 Å². The molecule has 2 aromatic rings. The highest BCUT2D eigenvalue weighted by atomic mass is 79.9. The van der Waals surface area contributed by atoms with E-state index >= 15 is 0 Å². The van der Waals surface area contributed by atoms with Crippen LogP contribution in [0.15, 0.2) is 53.0 Å². The average Bonchev–Trinajstić information content (AvgIpc) is 2.42. The second-order valence-corrected chi connectivity index (χ2v) is 5.01. The first-order valence-corrected chi connectivity index (χ1v) is 6.81. The van der Waals surface area contributed by atoms with E-state index in [-0.39, 0.29) is 10.2 Å². The van der Waals surface area contributed by atoms with Gasteiger partial charge in [0.05, 0.1) is 4.47 Å². The Bertz CT molecular complexity index is 591. The fourth-order valence-electron chi connectivity index (χ4n) is 1.63. The van der Waals surface area contributed by atoms with Gasteiger partial charge >= 0.3 is 6.36 Å². The van der Waals surface area contributed by atoms with Gasteiger partial charge in [-0.2, -0.15) is 0 Å². The van der Waals surface area contributed by atoms with Crippen molar-refractivity contribution in [2.24, 2.45) is 0 Å². The zero-order valence-corrected chi connectivity index (χ0v) is 12.3. The number of hydrogen-bond donors (Lipinski definition) is 2. The highest BCUT2D eigenvalue weighted by Crippen LogP contribution is 2.31. The summed E-state index contributed by atoms with van der Waals surface area (Å²) in [5.74, 6) is -0.262. The molecular weight excluding hydrogens is 349 g/mol. The molecule has 2 rings (SSSR count). The lowest BCUT2D eigenvalue weighted by Crippen LogP contribution is -2.21. The third kappa shape index (κ3) is 5.28. The van der Waals surface area contributed by atoms with Gasteiger partial charge in [0.2, 0.25) is 0 Å². The Hall–Kier alpha value is -1.73. The lowest BCUT2D eigenvalue weighted by molar-refractivity contribution is -0.274. The molecule has 3 nitrogen and oxygen atoms in total. The summed E-state index contributed by atoms with van der Waals surface area (Å²) in [4.78, 5) is 0. The van der Waals surface area contributed by atoms with Crippen LogP contribution in [0.4, 0.5) is 18.9 Å². The lowest BCUT2D eigenvalue weighted by atomic mass is 10.2. The maximum Gasteiger partial charge on any atom is 0.573 e. The smallest absolute Gasteiger partial charge is 0.405 e.